The lowest BCUT2D eigenvalue weighted by Crippen LogP contribution is -2.44. The van der Waals surface area contributed by atoms with Crippen LogP contribution in [-0.2, 0) is 4.79 Å². The van der Waals surface area contributed by atoms with Gasteiger partial charge in [0, 0.05) is 20.1 Å². The average molecular weight is 241 g/mol. The first kappa shape index (κ1) is 14.5. The van der Waals surface area contributed by atoms with Crippen molar-refractivity contribution < 1.29 is 4.79 Å². The van der Waals surface area contributed by atoms with E-state index in [0.29, 0.717) is 5.92 Å². The number of nitrogens with zero attached hydrogens (tertiary/aromatic N) is 1. The van der Waals surface area contributed by atoms with Gasteiger partial charge < -0.3 is 15.5 Å². The van der Waals surface area contributed by atoms with Crippen molar-refractivity contribution >= 4 is 5.91 Å². The maximum Gasteiger partial charge on any atom is 0.224 e. The third-order valence-corrected chi connectivity index (χ3v) is 3.44. The Balaban J connectivity index is 2.31. The van der Waals surface area contributed by atoms with E-state index in [-0.39, 0.29) is 11.8 Å². The molecule has 0 aromatic carbocycles. The van der Waals surface area contributed by atoms with Gasteiger partial charge in [-0.05, 0) is 38.4 Å². The Labute approximate surface area is 105 Å². The molecule has 2 unspecified atom stereocenters. The highest BCUT2D eigenvalue weighted by Crippen LogP contribution is 2.17. The summed E-state index contributed by atoms with van der Waals surface area (Å²) in [5.41, 5.74) is 0. The van der Waals surface area contributed by atoms with Crippen molar-refractivity contribution in [3.8, 4) is 0 Å². The van der Waals surface area contributed by atoms with Gasteiger partial charge in [0.05, 0.1) is 5.92 Å². The summed E-state index contributed by atoms with van der Waals surface area (Å²) in [6.45, 7) is 9.67. The first-order valence-electron chi connectivity index (χ1n) is 6.82. The van der Waals surface area contributed by atoms with Gasteiger partial charge >= 0.3 is 0 Å². The van der Waals surface area contributed by atoms with E-state index in [9.17, 15) is 4.79 Å². The maximum absolute atomic E-state index is 11.6. The SMILES string of the molecule is CCNCC(C)CN1CCCC(C(=O)NC)C1. The molecule has 0 spiro atoms. The van der Waals surface area contributed by atoms with Crippen LogP contribution in [0.2, 0.25) is 0 Å². The number of carbonyl (C=O) groups excluding carboxylic acids is 1. The predicted octanol–water partition coefficient (Wildman–Crippen LogP) is 0.690. The molecular weight excluding hydrogens is 214 g/mol. The van der Waals surface area contributed by atoms with E-state index in [1.54, 1.807) is 7.05 Å². The van der Waals surface area contributed by atoms with Gasteiger partial charge in [0.1, 0.15) is 0 Å². The molecule has 1 amide bonds. The second kappa shape index (κ2) is 7.67. The molecule has 4 heteroatoms. The highest BCUT2D eigenvalue weighted by atomic mass is 16.1. The highest BCUT2D eigenvalue weighted by Gasteiger charge is 2.25. The van der Waals surface area contributed by atoms with Gasteiger partial charge in [-0.15, -0.1) is 0 Å². The lowest BCUT2D eigenvalue weighted by atomic mass is 9.96. The van der Waals surface area contributed by atoms with E-state index in [2.05, 4.69) is 29.4 Å². The van der Waals surface area contributed by atoms with Gasteiger partial charge in [-0.2, -0.15) is 0 Å². The topological polar surface area (TPSA) is 44.4 Å². The van der Waals surface area contributed by atoms with E-state index in [0.717, 1.165) is 45.6 Å². The summed E-state index contributed by atoms with van der Waals surface area (Å²) < 4.78 is 0. The number of hydrogen-bond donors (Lipinski definition) is 2. The third kappa shape index (κ3) is 5.04. The molecule has 1 rings (SSSR count). The predicted molar refractivity (Wildman–Crippen MR) is 70.9 cm³/mol. The summed E-state index contributed by atoms with van der Waals surface area (Å²) in [5.74, 6) is 1.05. The molecule has 0 bridgehead atoms. The zero-order valence-electron chi connectivity index (χ0n) is 11.5. The smallest absolute Gasteiger partial charge is 0.224 e. The quantitative estimate of drug-likeness (QED) is 0.719. The maximum atomic E-state index is 11.6. The van der Waals surface area contributed by atoms with E-state index in [1.165, 1.54) is 0 Å². The van der Waals surface area contributed by atoms with Crippen molar-refractivity contribution in [3.63, 3.8) is 0 Å². The van der Waals surface area contributed by atoms with Crippen LogP contribution < -0.4 is 10.6 Å². The first-order chi connectivity index (χ1) is 8.17. The number of carbonyl (C=O) groups is 1. The van der Waals surface area contributed by atoms with Crippen LogP contribution in [0.5, 0.6) is 0 Å². The zero-order valence-corrected chi connectivity index (χ0v) is 11.5. The van der Waals surface area contributed by atoms with Crippen molar-refractivity contribution in [2.75, 3.05) is 39.8 Å². The van der Waals surface area contributed by atoms with E-state index in [1.807, 2.05) is 0 Å². The molecule has 0 saturated carbocycles. The van der Waals surface area contributed by atoms with Crippen molar-refractivity contribution in [1.29, 1.82) is 0 Å². The fraction of sp³-hybridized carbons (Fsp3) is 0.923. The Morgan fingerprint density at radius 1 is 1.53 bits per heavy atom. The Hall–Kier alpha value is -0.610. The summed E-state index contributed by atoms with van der Waals surface area (Å²) in [5, 5.41) is 6.14. The van der Waals surface area contributed by atoms with Crippen LogP contribution in [0.1, 0.15) is 26.7 Å². The molecule has 0 aromatic heterocycles. The Morgan fingerprint density at radius 2 is 2.29 bits per heavy atom. The van der Waals surface area contributed by atoms with Crippen LogP contribution in [-0.4, -0.2) is 50.6 Å². The summed E-state index contributed by atoms with van der Waals surface area (Å²) in [6.07, 6.45) is 2.18. The largest absolute Gasteiger partial charge is 0.359 e. The second-order valence-electron chi connectivity index (χ2n) is 5.13. The van der Waals surface area contributed by atoms with E-state index >= 15 is 0 Å². The normalized spacial score (nSPS) is 23.4. The van der Waals surface area contributed by atoms with Crippen LogP contribution in [0, 0.1) is 11.8 Å². The standard InChI is InChI=1S/C13H27N3O/c1-4-15-8-11(2)9-16-7-5-6-12(10-16)13(17)14-3/h11-12,15H,4-10H2,1-3H3,(H,14,17). The number of amides is 1. The molecule has 1 aliphatic heterocycles. The molecule has 1 heterocycles. The highest BCUT2D eigenvalue weighted by molar-refractivity contribution is 5.78. The van der Waals surface area contributed by atoms with Crippen LogP contribution in [0.3, 0.4) is 0 Å². The fourth-order valence-electron chi connectivity index (χ4n) is 2.54. The van der Waals surface area contributed by atoms with Crippen LogP contribution in [0.15, 0.2) is 0 Å². The lowest BCUT2D eigenvalue weighted by Gasteiger charge is -2.33. The average Bonchev–Trinajstić information content (AvgIpc) is 2.35. The van der Waals surface area contributed by atoms with Crippen molar-refractivity contribution in [1.82, 2.24) is 15.5 Å². The third-order valence-electron chi connectivity index (χ3n) is 3.44. The van der Waals surface area contributed by atoms with Gasteiger partial charge in [-0.25, -0.2) is 0 Å². The Bertz CT molecular complexity index is 233. The monoisotopic (exact) mass is 241 g/mol. The minimum absolute atomic E-state index is 0.195. The van der Waals surface area contributed by atoms with Crippen molar-refractivity contribution in [2.45, 2.75) is 26.7 Å². The van der Waals surface area contributed by atoms with E-state index < -0.39 is 0 Å². The minimum Gasteiger partial charge on any atom is -0.359 e. The second-order valence-corrected chi connectivity index (χ2v) is 5.13. The summed E-state index contributed by atoms with van der Waals surface area (Å²) in [4.78, 5) is 14.1. The van der Waals surface area contributed by atoms with Gasteiger partial charge in [-0.1, -0.05) is 13.8 Å². The summed E-state index contributed by atoms with van der Waals surface area (Å²) >= 11 is 0. The Kier molecular flexibility index (Phi) is 6.52. The van der Waals surface area contributed by atoms with Crippen molar-refractivity contribution in [3.05, 3.63) is 0 Å². The molecular formula is C13H27N3O. The van der Waals surface area contributed by atoms with Gasteiger partial charge in [0.2, 0.25) is 5.91 Å². The van der Waals surface area contributed by atoms with Gasteiger partial charge in [0.15, 0.2) is 0 Å². The molecule has 1 saturated heterocycles. The molecule has 1 fully saturated rings. The Morgan fingerprint density at radius 3 is 2.94 bits per heavy atom. The van der Waals surface area contributed by atoms with Crippen LogP contribution in [0.4, 0.5) is 0 Å². The minimum atomic E-state index is 0.195. The number of nitrogens with one attached hydrogen (secondary N) is 2. The first-order valence-corrected chi connectivity index (χ1v) is 6.82. The molecule has 4 nitrogen and oxygen atoms in total. The number of rotatable bonds is 6. The molecule has 1 aliphatic rings. The summed E-state index contributed by atoms with van der Waals surface area (Å²) in [6, 6.07) is 0. The lowest BCUT2D eigenvalue weighted by molar-refractivity contribution is -0.126. The molecule has 2 atom stereocenters. The van der Waals surface area contributed by atoms with Crippen LogP contribution >= 0.6 is 0 Å². The zero-order chi connectivity index (χ0) is 12.7. The van der Waals surface area contributed by atoms with Crippen LogP contribution in [0.25, 0.3) is 0 Å². The fourth-order valence-corrected chi connectivity index (χ4v) is 2.54. The molecule has 0 aliphatic carbocycles. The molecule has 17 heavy (non-hydrogen) atoms. The molecule has 0 aromatic rings. The van der Waals surface area contributed by atoms with Gasteiger partial charge in [0.25, 0.3) is 0 Å². The summed E-state index contributed by atoms with van der Waals surface area (Å²) in [7, 11) is 1.73. The molecule has 0 radical (unpaired) electrons. The van der Waals surface area contributed by atoms with Crippen molar-refractivity contribution in [2.24, 2.45) is 11.8 Å². The van der Waals surface area contributed by atoms with E-state index in [4.69, 9.17) is 0 Å². The molecule has 2 N–H and O–H groups in total. The number of hydrogen-bond acceptors (Lipinski definition) is 3. The number of likely N-dealkylation sites (tertiary alicyclic amines) is 1. The molecule has 100 valence electrons. The number of piperidine rings is 1. The van der Waals surface area contributed by atoms with Gasteiger partial charge in [-0.3, -0.25) is 4.79 Å².